The fraction of sp³-hybridized carbons (Fsp3) is 0.148. The number of nitrogens with two attached hydrogens (primary N) is 1. The van der Waals surface area contributed by atoms with Crippen molar-refractivity contribution in [2.24, 2.45) is 11.1 Å². The first-order chi connectivity index (χ1) is 16.0. The summed E-state index contributed by atoms with van der Waals surface area (Å²) in [5.41, 5.74) is 9.17. The Morgan fingerprint density at radius 3 is 2.39 bits per heavy atom. The van der Waals surface area contributed by atoms with Gasteiger partial charge in [0.2, 0.25) is 0 Å². The summed E-state index contributed by atoms with van der Waals surface area (Å²) in [6, 6.07) is 27.2. The Balaban J connectivity index is 1.81. The van der Waals surface area contributed by atoms with Crippen molar-refractivity contribution in [1.29, 1.82) is 5.26 Å². The zero-order valence-electron chi connectivity index (χ0n) is 17.7. The normalized spacial score (nSPS) is 22.3. The van der Waals surface area contributed by atoms with Crippen LogP contribution in [0.2, 0.25) is 0 Å². The van der Waals surface area contributed by atoms with E-state index < -0.39 is 11.3 Å². The maximum absolute atomic E-state index is 14.3. The second-order valence-corrected chi connectivity index (χ2v) is 9.63. The average molecular weight is 514 g/mol. The fourth-order valence-electron chi connectivity index (χ4n) is 5.14. The highest BCUT2D eigenvalue weighted by Gasteiger charge is 2.58. The van der Waals surface area contributed by atoms with E-state index in [1.807, 2.05) is 78.9 Å². The largest absolute Gasteiger partial charge is 0.384 e. The number of fused-ring (bicyclic) bond motifs is 1. The number of rotatable bonds is 2. The van der Waals surface area contributed by atoms with Crippen LogP contribution in [0.5, 0.6) is 0 Å². The van der Waals surface area contributed by atoms with E-state index in [0.717, 1.165) is 21.3 Å². The van der Waals surface area contributed by atoms with E-state index >= 15 is 0 Å². The molecule has 2 aliphatic rings. The van der Waals surface area contributed by atoms with Crippen molar-refractivity contribution in [2.45, 2.75) is 18.8 Å². The summed E-state index contributed by atoms with van der Waals surface area (Å²) >= 11 is 9.57. The Morgan fingerprint density at radius 1 is 1.03 bits per heavy atom. The second kappa shape index (κ2) is 8.26. The van der Waals surface area contributed by atoms with Crippen LogP contribution in [-0.2, 0) is 6.42 Å². The number of aryl methyl sites for hydroxylation is 1. The van der Waals surface area contributed by atoms with Crippen molar-refractivity contribution >= 4 is 44.6 Å². The van der Waals surface area contributed by atoms with E-state index in [9.17, 15) is 10.1 Å². The Bertz CT molecular complexity index is 1340. The number of nitrogens with zero attached hydrogens (tertiary/aromatic N) is 2. The minimum absolute atomic E-state index is 0.0504. The van der Waals surface area contributed by atoms with E-state index in [0.29, 0.717) is 29.0 Å². The number of benzene rings is 3. The van der Waals surface area contributed by atoms with Crippen LogP contribution in [0.3, 0.4) is 0 Å². The van der Waals surface area contributed by atoms with Crippen molar-refractivity contribution < 1.29 is 4.79 Å². The number of halogens is 1. The van der Waals surface area contributed by atoms with E-state index in [2.05, 4.69) is 22.0 Å². The van der Waals surface area contributed by atoms with Crippen LogP contribution in [0, 0.1) is 16.7 Å². The van der Waals surface area contributed by atoms with Crippen LogP contribution < -0.4 is 10.6 Å². The highest BCUT2D eigenvalue weighted by molar-refractivity contribution is 9.10. The van der Waals surface area contributed by atoms with E-state index in [-0.39, 0.29) is 11.6 Å². The van der Waals surface area contributed by atoms with Gasteiger partial charge >= 0.3 is 0 Å². The summed E-state index contributed by atoms with van der Waals surface area (Å²) in [6.45, 7) is 0. The molecule has 1 spiro atoms. The average Bonchev–Trinajstić information content (AvgIpc) is 2.85. The highest BCUT2D eigenvalue weighted by atomic mass is 79.9. The first-order valence-electron chi connectivity index (χ1n) is 10.7. The van der Waals surface area contributed by atoms with Crippen LogP contribution >= 0.6 is 28.1 Å². The predicted molar refractivity (Wildman–Crippen MR) is 137 cm³/mol. The molecule has 3 aromatic rings. The fourth-order valence-corrected chi connectivity index (χ4v) is 5.92. The Kier molecular flexibility index (Phi) is 5.40. The molecule has 2 N–H and O–H groups in total. The number of allylic oxidation sites excluding steroid dienone is 1. The third kappa shape index (κ3) is 3.23. The second-order valence-electron chi connectivity index (χ2n) is 8.33. The van der Waals surface area contributed by atoms with Crippen molar-refractivity contribution in [2.75, 3.05) is 4.90 Å². The lowest BCUT2D eigenvalue weighted by atomic mass is 9.58. The van der Waals surface area contributed by atoms with E-state index in [1.165, 1.54) is 0 Å². The molecule has 0 saturated heterocycles. The summed E-state index contributed by atoms with van der Waals surface area (Å²) in [6.07, 6.45) is 1.20. The van der Waals surface area contributed by atoms with Crippen LogP contribution in [0.1, 0.15) is 33.8 Å². The van der Waals surface area contributed by atoms with Crippen LogP contribution in [0.4, 0.5) is 5.69 Å². The molecule has 1 aliphatic carbocycles. The highest BCUT2D eigenvalue weighted by Crippen LogP contribution is 2.54. The molecule has 33 heavy (non-hydrogen) atoms. The predicted octanol–water partition coefficient (Wildman–Crippen LogP) is 5.89. The molecule has 0 saturated carbocycles. The van der Waals surface area contributed by atoms with Crippen LogP contribution in [0.15, 0.2) is 94.7 Å². The monoisotopic (exact) mass is 513 g/mol. The number of carbonyl (C=O) groups excluding carboxylic acids is 1. The van der Waals surface area contributed by atoms with E-state index in [4.69, 9.17) is 18.0 Å². The van der Waals surface area contributed by atoms with Gasteiger partial charge in [-0.1, -0.05) is 82.7 Å². The molecule has 2 atom stereocenters. The van der Waals surface area contributed by atoms with Crippen molar-refractivity contribution in [3.63, 3.8) is 0 Å². The topological polar surface area (TPSA) is 70.1 Å². The molecule has 1 heterocycles. The number of carbonyl (C=O) groups is 1. The molecule has 5 rings (SSSR count). The molecule has 1 aliphatic heterocycles. The smallest absolute Gasteiger partial charge is 0.177 e. The van der Waals surface area contributed by atoms with Crippen molar-refractivity contribution in [3.05, 3.63) is 111 Å². The van der Waals surface area contributed by atoms with Gasteiger partial charge in [0.05, 0.1) is 17.1 Å². The van der Waals surface area contributed by atoms with Gasteiger partial charge in [-0.15, -0.1) is 0 Å². The number of ketones is 1. The number of anilines is 1. The maximum Gasteiger partial charge on any atom is 0.177 e. The molecule has 162 valence electrons. The van der Waals surface area contributed by atoms with Gasteiger partial charge in [-0.05, 0) is 48.2 Å². The molecular weight excluding hydrogens is 494 g/mol. The molecule has 3 aromatic carbocycles. The molecule has 6 heteroatoms. The van der Waals surface area contributed by atoms with Gasteiger partial charge in [-0.25, -0.2) is 0 Å². The number of hydrogen-bond acceptors (Lipinski definition) is 4. The van der Waals surface area contributed by atoms with Gasteiger partial charge < -0.3 is 5.73 Å². The third-order valence-corrected chi connectivity index (χ3v) is 7.75. The molecule has 0 bridgehead atoms. The minimum Gasteiger partial charge on any atom is -0.384 e. The summed E-state index contributed by atoms with van der Waals surface area (Å²) in [7, 11) is 0. The molecule has 0 amide bonds. The zero-order valence-corrected chi connectivity index (χ0v) is 20.1. The lowest BCUT2D eigenvalue weighted by Gasteiger charge is -2.49. The number of Topliss-reactive ketones (excluding diaryl/α,β-unsaturated/α-hetero) is 1. The summed E-state index contributed by atoms with van der Waals surface area (Å²) < 4.78 is 0.914. The maximum atomic E-state index is 14.3. The third-order valence-electron chi connectivity index (χ3n) is 6.68. The Morgan fingerprint density at radius 2 is 1.70 bits per heavy atom. The van der Waals surface area contributed by atoms with Crippen molar-refractivity contribution in [3.8, 4) is 6.07 Å². The SMILES string of the molecule is N#CC1=C(N)N(c2ccc(Br)cc2)C(=S)C2(CCc3ccccc3C2=O)C1c1ccccc1. The Labute approximate surface area is 206 Å². The molecule has 0 aromatic heterocycles. The minimum atomic E-state index is -1.09. The lowest BCUT2D eigenvalue weighted by Crippen LogP contribution is -2.57. The van der Waals surface area contributed by atoms with Gasteiger partial charge in [0.15, 0.2) is 5.78 Å². The van der Waals surface area contributed by atoms with Gasteiger partial charge in [0, 0.05) is 21.6 Å². The van der Waals surface area contributed by atoms with Crippen molar-refractivity contribution in [1.82, 2.24) is 0 Å². The van der Waals surface area contributed by atoms with Crippen LogP contribution in [0.25, 0.3) is 0 Å². The number of thiocarbonyl (C=S) groups is 1. The quantitative estimate of drug-likeness (QED) is 0.432. The first-order valence-corrected chi connectivity index (χ1v) is 11.9. The van der Waals surface area contributed by atoms with Gasteiger partial charge in [-0.3, -0.25) is 9.69 Å². The van der Waals surface area contributed by atoms with Crippen LogP contribution in [-0.4, -0.2) is 10.8 Å². The molecule has 0 radical (unpaired) electrons. The number of nitriles is 1. The first kappa shape index (κ1) is 21.6. The summed E-state index contributed by atoms with van der Waals surface area (Å²) in [4.78, 5) is 16.4. The number of hydrogen-bond donors (Lipinski definition) is 1. The summed E-state index contributed by atoms with van der Waals surface area (Å²) in [5.74, 6) is -0.328. The zero-order chi connectivity index (χ0) is 23.2. The van der Waals surface area contributed by atoms with Gasteiger partial charge in [0.1, 0.15) is 10.8 Å². The molecule has 2 unspecified atom stereocenters. The van der Waals surface area contributed by atoms with Gasteiger partial charge in [0.25, 0.3) is 0 Å². The van der Waals surface area contributed by atoms with Gasteiger partial charge in [-0.2, -0.15) is 5.26 Å². The molecule has 0 fully saturated rings. The molecule has 4 nitrogen and oxygen atoms in total. The van der Waals surface area contributed by atoms with E-state index in [1.54, 1.807) is 4.90 Å². The Hall–Kier alpha value is -3.27. The summed E-state index contributed by atoms with van der Waals surface area (Å²) in [5, 5.41) is 10.3. The lowest BCUT2D eigenvalue weighted by molar-refractivity contribution is 0.0826. The molecular formula is C27H20BrN3OS. The standard InChI is InChI=1S/C27H20BrN3OS/c28-19-10-12-20(13-11-19)31-25(30)22(16-29)23(18-7-2-1-3-8-18)27(26(31)33)15-14-17-6-4-5-9-21(17)24(27)32/h1-13,23H,14-15,30H2.